The van der Waals surface area contributed by atoms with Gasteiger partial charge in [0.1, 0.15) is 5.82 Å². The molecule has 2 fully saturated rings. The number of nitrogens with one attached hydrogen (secondary N) is 1. The first-order valence-corrected chi connectivity index (χ1v) is 12.5. The van der Waals surface area contributed by atoms with Gasteiger partial charge in [0.2, 0.25) is 0 Å². The summed E-state index contributed by atoms with van der Waals surface area (Å²) < 4.78 is 67.2. The van der Waals surface area contributed by atoms with Gasteiger partial charge >= 0.3 is 15.8 Å². The van der Waals surface area contributed by atoms with Gasteiger partial charge in [0.15, 0.2) is 5.65 Å². The number of alkyl halides is 3. The van der Waals surface area contributed by atoms with Crippen LogP contribution in [-0.2, 0) is 14.5 Å². The van der Waals surface area contributed by atoms with E-state index in [-0.39, 0.29) is 34.2 Å². The van der Waals surface area contributed by atoms with Crippen LogP contribution >= 0.6 is 11.8 Å². The Morgan fingerprint density at radius 3 is 2.82 bits per heavy atom. The van der Waals surface area contributed by atoms with E-state index in [2.05, 4.69) is 15.4 Å². The van der Waals surface area contributed by atoms with Crippen LogP contribution in [0.2, 0.25) is 0 Å². The van der Waals surface area contributed by atoms with Gasteiger partial charge in [-0.3, -0.25) is 4.18 Å². The Balaban J connectivity index is 1.34. The minimum atomic E-state index is -4.37. The lowest BCUT2D eigenvalue weighted by atomic mass is 10.1. The molecule has 2 saturated carbocycles. The van der Waals surface area contributed by atoms with E-state index in [0.717, 1.165) is 19.3 Å². The Hall–Kier alpha value is -2.35. The number of aromatic nitrogens is 3. The van der Waals surface area contributed by atoms with Crippen molar-refractivity contribution in [3.63, 3.8) is 0 Å². The van der Waals surface area contributed by atoms with Crippen molar-refractivity contribution < 1.29 is 25.8 Å². The molecule has 2 aliphatic carbocycles. The maximum absolute atomic E-state index is 12.7. The minimum Gasteiger partial charge on any atom is -0.367 e. The van der Waals surface area contributed by atoms with Crippen LogP contribution in [0.1, 0.15) is 25.7 Å². The summed E-state index contributed by atoms with van der Waals surface area (Å²) in [6.07, 6.45) is 4.31. The quantitative estimate of drug-likeness (QED) is 0.494. The number of hydrogen-bond donors (Lipinski definition) is 2. The largest absolute Gasteiger partial charge is 0.446 e. The molecule has 5 rings (SSSR count). The number of fused-ring (bicyclic) bond motifs is 1. The van der Waals surface area contributed by atoms with Gasteiger partial charge in [0, 0.05) is 34.2 Å². The van der Waals surface area contributed by atoms with E-state index in [1.54, 1.807) is 35.0 Å². The van der Waals surface area contributed by atoms with Crippen LogP contribution in [-0.4, -0.2) is 40.7 Å². The molecule has 0 aliphatic heterocycles. The molecule has 3 atom stereocenters. The molecule has 0 amide bonds. The highest BCUT2D eigenvalue weighted by Gasteiger charge is 2.60. The zero-order valence-corrected chi connectivity index (χ0v) is 18.8. The average molecular weight is 500 g/mol. The third kappa shape index (κ3) is 4.95. The molecule has 33 heavy (non-hydrogen) atoms. The summed E-state index contributed by atoms with van der Waals surface area (Å²) in [5, 5.41) is 13.0. The Morgan fingerprint density at radius 2 is 2.06 bits per heavy atom. The number of benzene rings is 1. The number of nitrogens with two attached hydrogens (primary N) is 1. The third-order valence-electron chi connectivity index (χ3n) is 6.08. The van der Waals surface area contributed by atoms with Gasteiger partial charge in [-0.25, -0.2) is 10.1 Å². The smallest absolute Gasteiger partial charge is 0.367 e. The van der Waals surface area contributed by atoms with Crippen molar-refractivity contribution in [3.8, 4) is 11.3 Å². The predicted octanol–water partition coefficient (Wildman–Crippen LogP) is 3.95. The molecule has 1 unspecified atom stereocenters. The van der Waals surface area contributed by atoms with Crippen LogP contribution in [0.25, 0.3) is 16.9 Å². The van der Waals surface area contributed by atoms with Gasteiger partial charge in [-0.05, 0) is 55.6 Å². The van der Waals surface area contributed by atoms with Gasteiger partial charge in [0.25, 0.3) is 0 Å². The van der Waals surface area contributed by atoms with Gasteiger partial charge in [-0.15, -0.1) is 0 Å². The Bertz CT molecular complexity index is 1310. The van der Waals surface area contributed by atoms with Crippen molar-refractivity contribution in [2.24, 2.45) is 10.6 Å². The molecule has 2 heterocycles. The predicted molar refractivity (Wildman–Crippen MR) is 117 cm³/mol. The van der Waals surface area contributed by atoms with Crippen LogP contribution in [0.3, 0.4) is 0 Å². The topological polar surface area (TPSA) is 112 Å². The minimum absolute atomic E-state index is 0.0836. The van der Waals surface area contributed by atoms with E-state index in [1.807, 2.05) is 0 Å². The van der Waals surface area contributed by atoms with E-state index in [9.17, 15) is 21.6 Å². The normalized spacial score (nSPS) is 25.1. The molecule has 3 N–H and O–H groups in total. The van der Waals surface area contributed by atoms with E-state index in [4.69, 9.17) is 9.32 Å². The number of halogens is 3. The fraction of sp³-hybridized carbons (Fsp3) is 0.400. The molecular formula is C20H20F3N5O3S2. The number of anilines is 1. The second-order valence-corrected chi connectivity index (χ2v) is 10.8. The van der Waals surface area contributed by atoms with Gasteiger partial charge in [-0.1, -0.05) is 12.1 Å². The van der Waals surface area contributed by atoms with Crippen molar-refractivity contribution in [1.29, 1.82) is 0 Å². The summed E-state index contributed by atoms with van der Waals surface area (Å²) in [7, 11) is -3.97. The van der Waals surface area contributed by atoms with Crippen LogP contribution in [0.15, 0.2) is 47.5 Å². The lowest BCUT2D eigenvalue weighted by Gasteiger charge is -2.15. The van der Waals surface area contributed by atoms with E-state index in [0.29, 0.717) is 29.1 Å². The maximum Gasteiger partial charge on any atom is 0.446 e. The molecular weight excluding hydrogens is 479 g/mol. The number of nitrogens with zero attached hydrogens (tertiary/aromatic N) is 3. The average Bonchev–Trinajstić information content (AvgIpc) is 3.04. The Labute approximate surface area is 192 Å². The van der Waals surface area contributed by atoms with Crippen LogP contribution in [0.5, 0.6) is 0 Å². The van der Waals surface area contributed by atoms with E-state index < -0.39 is 15.8 Å². The number of rotatable bonds is 6. The fourth-order valence-corrected chi connectivity index (χ4v) is 5.77. The number of hydrogen-bond acceptors (Lipinski definition) is 7. The van der Waals surface area contributed by atoms with Crippen molar-refractivity contribution in [1.82, 2.24) is 14.6 Å². The fourth-order valence-electron chi connectivity index (χ4n) is 4.57. The van der Waals surface area contributed by atoms with E-state index >= 15 is 0 Å². The first-order valence-electron chi connectivity index (χ1n) is 10.2. The monoisotopic (exact) mass is 499 g/mol. The molecule has 2 aromatic heterocycles. The maximum atomic E-state index is 12.7. The standard InChI is InChI=1S/C20H20F3N5O3S2/c21-20(22,23)32-14-3-1-2-12(8-14)15-9-18-25-7-5-17(28(18)27-15)26-13-4-6-19(10-13)11-16(19)31-33(24,29)30/h1-3,5,7-9,13,16,26H,4,6,10-11H2,(H2,24,29,30)/t13-,16-,19?/m0/s1. The molecule has 1 spiro atoms. The first-order chi connectivity index (χ1) is 15.5. The lowest BCUT2D eigenvalue weighted by molar-refractivity contribution is -0.0328. The summed E-state index contributed by atoms with van der Waals surface area (Å²) in [6, 6.07) is 9.70. The zero-order valence-electron chi connectivity index (χ0n) is 17.1. The molecule has 8 nitrogen and oxygen atoms in total. The molecule has 13 heteroatoms. The highest BCUT2D eigenvalue weighted by Crippen LogP contribution is 2.60. The summed E-state index contributed by atoms with van der Waals surface area (Å²) >= 11 is -0.168. The van der Waals surface area contributed by atoms with Crippen LogP contribution in [0, 0.1) is 5.41 Å². The molecule has 0 saturated heterocycles. The van der Waals surface area contributed by atoms with Gasteiger partial charge in [-0.2, -0.15) is 31.2 Å². The Kier molecular flexibility index (Phi) is 5.34. The molecule has 2 aliphatic rings. The van der Waals surface area contributed by atoms with Crippen molar-refractivity contribution in [2.45, 2.75) is 48.2 Å². The van der Waals surface area contributed by atoms with E-state index in [1.165, 1.54) is 12.1 Å². The summed E-state index contributed by atoms with van der Waals surface area (Å²) in [4.78, 5) is 4.40. The van der Waals surface area contributed by atoms with Crippen LogP contribution < -0.4 is 10.5 Å². The van der Waals surface area contributed by atoms with Crippen molar-refractivity contribution in [3.05, 3.63) is 42.6 Å². The first kappa shape index (κ1) is 22.4. The van der Waals surface area contributed by atoms with Crippen LogP contribution in [0.4, 0.5) is 19.0 Å². The second-order valence-electron chi connectivity index (χ2n) is 8.43. The third-order valence-corrected chi connectivity index (χ3v) is 7.30. The second kappa shape index (κ2) is 7.86. The van der Waals surface area contributed by atoms with Crippen molar-refractivity contribution in [2.75, 3.05) is 5.32 Å². The molecule has 0 radical (unpaired) electrons. The zero-order chi connectivity index (χ0) is 23.4. The number of thioether (sulfide) groups is 1. The molecule has 3 aromatic rings. The molecule has 0 bridgehead atoms. The molecule has 1 aromatic carbocycles. The van der Waals surface area contributed by atoms with Gasteiger partial charge < -0.3 is 5.32 Å². The lowest BCUT2D eigenvalue weighted by Crippen LogP contribution is -2.21. The summed E-state index contributed by atoms with van der Waals surface area (Å²) in [5.41, 5.74) is -2.93. The highest BCUT2D eigenvalue weighted by atomic mass is 32.2. The summed E-state index contributed by atoms with van der Waals surface area (Å²) in [5.74, 6) is 0.693. The Morgan fingerprint density at radius 1 is 1.24 bits per heavy atom. The van der Waals surface area contributed by atoms with Crippen molar-refractivity contribution >= 4 is 33.5 Å². The molecule has 176 valence electrons. The van der Waals surface area contributed by atoms with Gasteiger partial charge in [0.05, 0.1) is 11.8 Å². The SMILES string of the molecule is NS(=O)(=O)O[C@H]1CC12CC[C@H](Nc1ccnc3cc(-c4cccc(SC(F)(F)F)c4)nn13)C2. The summed E-state index contributed by atoms with van der Waals surface area (Å²) in [6.45, 7) is 0. The highest BCUT2D eigenvalue weighted by molar-refractivity contribution is 8.00.